The molecule has 1 unspecified atom stereocenters. The lowest BCUT2D eigenvalue weighted by atomic mass is 10.0. The van der Waals surface area contributed by atoms with Crippen molar-refractivity contribution in [2.75, 3.05) is 0 Å². The van der Waals surface area contributed by atoms with E-state index in [1.54, 1.807) is 48.7 Å². The van der Waals surface area contributed by atoms with Gasteiger partial charge in [0.1, 0.15) is 5.75 Å². The Balaban J connectivity index is 1.93. The average molecular weight is 380 g/mol. The summed E-state index contributed by atoms with van der Waals surface area (Å²) >= 11 is 17.9. The Morgan fingerprint density at radius 2 is 1.67 bits per heavy atom. The lowest BCUT2D eigenvalue weighted by molar-refractivity contribution is 0.453. The van der Waals surface area contributed by atoms with Crippen molar-refractivity contribution in [1.82, 2.24) is 4.98 Å². The number of aromatic nitrogens is 1. The van der Waals surface area contributed by atoms with E-state index in [1.807, 2.05) is 12.1 Å². The predicted molar refractivity (Wildman–Crippen MR) is 98.3 cm³/mol. The number of pyridine rings is 1. The largest absolute Gasteiger partial charge is 0.439 e. The molecule has 2 N–H and O–H groups in total. The average Bonchev–Trinajstić information content (AvgIpc) is 2.59. The zero-order chi connectivity index (χ0) is 17.1. The quantitative estimate of drug-likeness (QED) is 0.615. The van der Waals surface area contributed by atoms with Gasteiger partial charge in [-0.3, -0.25) is 0 Å². The first-order valence-corrected chi connectivity index (χ1v) is 8.27. The highest BCUT2D eigenvalue weighted by atomic mass is 35.5. The Kier molecular flexibility index (Phi) is 5.27. The zero-order valence-electron chi connectivity index (χ0n) is 12.4. The third-order valence-electron chi connectivity index (χ3n) is 3.47. The van der Waals surface area contributed by atoms with E-state index in [0.29, 0.717) is 26.7 Å². The molecule has 0 aliphatic carbocycles. The van der Waals surface area contributed by atoms with Gasteiger partial charge < -0.3 is 10.5 Å². The summed E-state index contributed by atoms with van der Waals surface area (Å²) in [6.07, 6.45) is 1.65. The second-order valence-electron chi connectivity index (χ2n) is 5.10. The number of rotatable bonds is 4. The molecule has 0 fully saturated rings. The first-order valence-electron chi connectivity index (χ1n) is 7.13. The van der Waals surface area contributed by atoms with E-state index in [9.17, 15) is 0 Å². The van der Waals surface area contributed by atoms with Crippen LogP contribution in [0.5, 0.6) is 11.6 Å². The van der Waals surface area contributed by atoms with Crippen LogP contribution in [0.25, 0.3) is 0 Å². The molecule has 0 spiro atoms. The van der Waals surface area contributed by atoms with Gasteiger partial charge in [0.25, 0.3) is 0 Å². The lowest BCUT2D eigenvalue weighted by Gasteiger charge is -2.16. The number of hydrogen-bond acceptors (Lipinski definition) is 3. The molecule has 3 rings (SSSR count). The van der Waals surface area contributed by atoms with Crippen molar-refractivity contribution in [2.24, 2.45) is 5.73 Å². The number of benzene rings is 2. The van der Waals surface area contributed by atoms with Gasteiger partial charge in [-0.15, -0.1) is 0 Å². The highest BCUT2D eigenvalue weighted by Crippen LogP contribution is 2.32. The van der Waals surface area contributed by atoms with Crippen molar-refractivity contribution in [2.45, 2.75) is 6.04 Å². The molecule has 0 bridgehead atoms. The van der Waals surface area contributed by atoms with E-state index < -0.39 is 6.04 Å². The summed E-state index contributed by atoms with van der Waals surface area (Å²) in [6.45, 7) is 0. The third kappa shape index (κ3) is 3.82. The normalized spacial score (nSPS) is 12.0. The van der Waals surface area contributed by atoms with Crippen molar-refractivity contribution in [3.05, 3.63) is 87.0 Å². The summed E-state index contributed by atoms with van der Waals surface area (Å²) < 4.78 is 5.85. The molecule has 0 radical (unpaired) electrons. The summed E-state index contributed by atoms with van der Waals surface area (Å²) in [5, 5.41) is 1.57. The van der Waals surface area contributed by atoms with Gasteiger partial charge in [-0.05, 0) is 48.0 Å². The summed E-state index contributed by atoms with van der Waals surface area (Å²) in [7, 11) is 0. The molecule has 3 aromatic rings. The van der Waals surface area contributed by atoms with E-state index in [0.717, 1.165) is 11.1 Å². The van der Waals surface area contributed by atoms with Crippen LogP contribution in [-0.4, -0.2) is 4.98 Å². The number of ether oxygens (including phenoxy) is 1. The Hall–Kier alpha value is -1.78. The molecule has 0 aliphatic rings. The van der Waals surface area contributed by atoms with E-state index in [-0.39, 0.29) is 0 Å². The van der Waals surface area contributed by atoms with Crippen LogP contribution >= 0.6 is 34.8 Å². The molecular formula is C18H13Cl3N2O. The fraction of sp³-hybridized carbons (Fsp3) is 0.0556. The molecule has 0 amide bonds. The lowest BCUT2D eigenvalue weighted by Crippen LogP contribution is -2.13. The molecule has 1 aromatic heterocycles. The summed E-state index contributed by atoms with van der Waals surface area (Å²) in [4.78, 5) is 4.29. The molecule has 24 heavy (non-hydrogen) atoms. The van der Waals surface area contributed by atoms with Gasteiger partial charge in [-0.2, -0.15) is 0 Å². The first kappa shape index (κ1) is 17.1. The van der Waals surface area contributed by atoms with Crippen molar-refractivity contribution in [1.29, 1.82) is 0 Å². The Morgan fingerprint density at radius 3 is 2.38 bits per heavy atom. The van der Waals surface area contributed by atoms with Crippen molar-refractivity contribution in [3.8, 4) is 11.6 Å². The maximum Gasteiger partial charge on any atom is 0.224 e. The molecule has 0 saturated heterocycles. The summed E-state index contributed by atoms with van der Waals surface area (Å²) in [5.41, 5.74) is 7.93. The third-order valence-corrected chi connectivity index (χ3v) is 4.46. The fourth-order valence-electron chi connectivity index (χ4n) is 2.22. The molecule has 1 heterocycles. The zero-order valence-corrected chi connectivity index (χ0v) is 14.7. The summed E-state index contributed by atoms with van der Waals surface area (Å²) in [6, 6.07) is 15.6. The van der Waals surface area contributed by atoms with E-state index in [1.165, 1.54) is 0 Å². The van der Waals surface area contributed by atoms with Crippen LogP contribution in [0.3, 0.4) is 0 Å². The smallest absolute Gasteiger partial charge is 0.224 e. The van der Waals surface area contributed by atoms with Crippen LogP contribution in [0.1, 0.15) is 17.2 Å². The molecule has 0 saturated carbocycles. The highest BCUT2D eigenvalue weighted by Gasteiger charge is 2.17. The van der Waals surface area contributed by atoms with Crippen molar-refractivity contribution >= 4 is 34.8 Å². The monoisotopic (exact) mass is 378 g/mol. The second kappa shape index (κ2) is 7.41. The van der Waals surface area contributed by atoms with Gasteiger partial charge >= 0.3 is 0 Å². The van der Waals surface area contributed by atoms with Crippen LogP contribution in [0.4, 0.5) is 0 Å². The van der Waals surface area contributed by atoms with Crippen LogP contribution in [0.2, 0.25) is 15.1 Å². The Morgan fingerprint density at radius 1 is 0.917 bits per heavy atom. The molecule has 0 aliphatic heterocycles. The minimum absolute atomic E-state index is 0.429. The molecule has 3 nitrogen and oxygen atoms in total. The van der Waals surface area contributed by atoms with Gasteiger partial charge in [0.15, 0.2) is 0 Å². The molecule has 1 atom stereocenters. The van der Waals surface area contributed by atoms with Crippen LogP contribution in [-0.2, 0) is 0 Å². The van der Waals surface area contributed by atoms with Gasteiger partial charge in [-0.25, -0.2) is 4.98 Å². The predicted octanol–water partition coefficient (Wildman–Crippen LogP) is 5.88. The fourth-order valence-corrected chi connectivity index (χ4v) is 2.66. The number of nitrogens with two attached hydrogens (primary N) is 1. The SMILES string of the molecule is NC(c1ccc(Cl)c(Cl)c1)c1cccnc1Oc1ccc(Cl)cc1. The number of hydrogen-bond donors (Lipinski definition) is 1. The topological polar surface area (TPSA) is 48.1 Å². The van der Waals surface area contributed by atoms with E-state index in [2.05, 4.69) is 4.98 Å². The van der Waals surface area contributed by atoms with Gasteiger partial charge in [0, 0.05) is 16.8 Å². The molecule has 6 heteroatoms. The summed E-state index contributed by atoms with van der Waals surface area (Å²) in [5.74, 6) is 1.05. The first-order chi connectivity index (χ1) is 11.5. The Labute approximate surface area is 154 Å². The maximum absolute atomic E-state index is 6.37. The molecule has 122 valence electrons. The van der Waals surface area contributed by atoms with Crippen LogP contribution < -0.4 is 10.5 Å². The molecular weight excluding hydrogens is 367 g/mol. The van der Waals surface area contributed by atoms with E-state index >= 15 is 0 Å². The second-order valence-corrected chi connectivity index (χ2v) is 6.36. The van der Waals surface area contributed by atoms with Crippen LogP contribution in [0.15, 0.2) is 60.8 Å². The number of nitrogens with zero attached hydrogens (tertiary/aromatic N) is 1. The Bertz CT molecular complexity index is 853. The maximum atomic E-state index is 6.37. The van der Waals surface area contributed by atoms with Gasteiger partial charge in [0.05, 0.1) is 16.1 Å². The van der Waals surface area contributed by atoms with Gasteiger partial charge in [-0.1, -0.05) is 46.9 Å². The van der Waals surface area contributed by atoms with Crippen molar-refractivity contribution in [3.63, 3.8) is 0 Å². The number of halogens is 3. The molecule has 2 aromatic carbocycles. The highest BCUT2D eigenvalue weighted by molar-refractivity contribution is 6.42. The van der Waals surface area contributed by atoms with E-state index in [4.69, 9.17) is 45.3 Å². The minimum atomic E-state index is -0.448. The standard InChI is InChI=1S/C18H13Cl3N2O/c19-12-4-6-13(7-5-12)24-18-14(2-1-9-23-18)17(22)11-3-8-15(20)16(21)10-11/h1-10,17H,22H2. The van der Waals surface area contributed by atoms with Gasteiger partial charge in [0.2, 0.25) is 5.88 Å². The minimum Gasteiger partial charge on any atom is -0.439 e. The van der Waals surface area contributed by atoms with Crippen molar-refractivity contribution < 1.29 is 4.74 Å². The van der Waals surface area contributed by atoms with Crippen LogP contribution in [0, 0.1) is 0 Å².